The smallest absolute Gasteiger partial charge is 0.389 e. The fourth-order valence-electron chi connectivity index (χ4n) is 1.03. The maximum atomic E-state index is 4.82. The van der Waals surface area contributed by atoms with Crippen molar-refractivity contribution in [2.24, 2.45) is 0 Å². The number of hydrogen-bond acceptors (Lipinski definition) is 4. The van der Waals surface area contributed by atoms with E-state index in [1.807, 2.05) is 0 Å². The van der Waals surface area contributed by atoms with E-state index in [-0.39, 0.29) is 6.79 Å². The summed E-state index contributed by atoms with van der Waals surface area (Å²) in [6.07, 6.45) is 0. The molecule has 0 aliphatic rings. The zero-order valence-electron chi connectivity index (χ0n) is 12.5. The largest absolute Gasteiger partial charge is 0.640 e. The molecule has 0 aromatic heterocycles. The molecule has 0 heterocycles. The van der Waals surface area contributed by atoms with Crippen molar-refractivity contribution in [3.8, 4) is 0 Å². The molecule has 0 rings (SSSR count). The lowest BCUT2D eigenvalue weighted by Gasteiger charge is -2.30. The molecular formula is C11H29BNO4+. The first-order valence-corrected chi connectivity index (χ1v) is 6.03. The Hall–Kier alpha value is -0.135. The molecule has 0 unspecified atom stereocenters. The van der Waals surface area contributed by atoms with Gasteiger partial charge in [-0.2, -0.15) is 0 Å². The normalized spacial score (nSPS) is 10.8. The van der Waals surface area contributed by atoms with Crippen molar-refractivity contribution in [2.75, 3.05) is 54.8 Å². The van der Waals surface area contributed by atoms with E-state index in [1.54, 1.807) is 0 Å². The van der Waals surface area contributed by atoms with Crippen LogP contribution in [-0.4, -0.2) is 66.6 Å². The van der Waals surface area contributed by atoms with Gasteiger partial charge in [-0.3, -0.25) is 0 Å². The summed E-state index contributed by atoms with van der Waals surface area (Å²) in [7, 11) is 6.18. The van der Waals surface area contributed by atoms with Gasteiger partial charge in [-0.25, -0.2) is 0 Å². The maximum absolute atomic E-state index is 4.82. The Labute approximate surface area is 107 Å². The number of rotatable bonds is 8. The monoisotopic (exact) mass is 250 g/mol. The third kappa shape index (κ3) is 10.7. The molecule has 0 atom stereocenters. The van der Waals surface area contributed by atoms with Gasteiger partial charge < -0.3 is 23.2 Å². The molecule has 0 bridgehead atoms. The van der Waals surface area contributed by atoms with Crippen molar-refractivity contribution in [1.29, 1.82) is 0 Å². The summed E-state index contributed by atoms with van der Waals surface area (Å²) in [4.78, 5) is 0. The predicted octanol–water partition coefficient (Wildman–Crippen LogP) is 1.38. The molecule has 0 aliphatic heterocycles. The van der Waals surface area contributed by atoms with E-state index in [4.69, 9.17) is 4.65 Å². The molecule has 0 saturated heterocycles. The van der Waals surface area contributed by atoms with Gasteiger partial charge in [0.25, 0.3) is 0 Å². The summed E-state index contributed by atoms with van der Waals surface area (Å²) in [6, 6.07) is 0. The minimum Gasteiger partial charge on any atom is -0.389 e. The Morgan fingerprint density at radius 3 is 1.47 bits per heavy atom. The van der Waals surface area contributed by atoms with Crippen molar-refractivity contribution in [3.05, 3.63) is 0 Å². The standard InChI is InChI=1S/C7H18N.C4H11BO4/c1-5-8(4,6-2)7-3;1-6-4-9-5(7-2)8-3/h5-7H2,1-4H3;4H2,1-3H3/q+1;. The number of nitrogens with zero attached hydrogens (tertiary/aromatic N) is 1. The Morgan fingerprint density at radius 2 is 1.29 bits per heavy atom. The SMILES string of the molecule is CC[N+](C)(CC)CC.COCOB(OC)OC. The van der Waals surface area contributed by atoms with Crippen molar-refractivity contribution in [2.45, 2.75) is 20.8 Å². The first-order chi connectivity index (χ1) is 8.03. The molecule has 17 heavy (non-hydrogen) atoms. The lowest BCUT2D eigenvalue weighted by molar-refractivity contribution is -0.904. The predicted molar refractivity (Wildman–Crippen MR) is 70.5 cm³/mol. The van der Waals surface area contributed by atoms with Crippen molar-refractivity contribution in [3.63, 3.8) is 0 Å². The van der Waals surface area contributed by atoms with E-state index in [0.717, 1.165) is 0 Å². The zero-order valence-corrected chi connectivity index (χ0v) is 12.5. The molecular weight excluding hydrogens is 221 g/mol. The van der Waals surface area contributed by atoms with Gasteiger partial charge in [0, 0.05) is 21.3 Å². The van der Waals surface area contributed by atoms with Crippen LogP contribution in [0.4, 0.5) is 0 Å². The van der Waals surface area contributed by atoms with Crippen LogP contribution in [0.1, 0.15) is 20.8 Å². The summed E-state index contributed by atoms with van der Waals surface area (Å²) < 4.78 is 20.0. The third-order valence-electron chi connectivity index (χ3n) is 3.00. The fraction of sp³-hybridized carbons (Fsp3) is 1.00. The highest BCUT2D eigenvalue weighted by Crippen LogP contribution is 1.97. The molecule has 0 radical (unpaired) electrons. The second kappa shape index (κ2) is 12.3. The molecule has 104 valence electrons. The second-order valence-electron chi connectivity index (χ2n) is 3.90. The number of ether oxygens (including phenoxy) is 1. The van der Waals surface area contributed by atoms with Gasteiger partial charge in [0.1, 0.15) is 6.79 Å². The van der Waals surface area contributed by atoms with Crippen LogP contribution in [0.15, 0.2) is 0 Å². The lowest BCUT2D eigenvalue weighted by atomic mass is 10.2. The first kappa shape index (κ1) is 19.2. The summed E-state index contributed by atoms with van der Waals surface area (Å²) in [6.45, 7) is 10.7. The fourth-order valence-corrected chi connectivity index (χ4v) is 1.03. The summed E-state index contributed by atoms with van der Waals surface area (Å²) in [5, 5.41) is 0. The van der Waals surface area contributed by atoms with Crippen LogP contribution in [0.2, 0.25) is 0 Å². The van der Waals surface area contributed by atoms with E-state index < -0.39 is 7.32 Å². The lowest BCUT2D eigenvalue weighted by Crippen LogP contribution is -2.42. The average molecular weight is 250 g/mol. The molecule has 0 spiro atoms. The van der Waals surface area contributed by atoms with E-state index in [9.17, 15) is 0 Å². The Bertz CT molecular complexity index is 144. The van der Waals surface area contributed by atoms with Crippen LogP contribution < -0.4 is 0 Å². The van der Waals surface area contributed by atoms with Crippen LogP contribution in [0.5, 0.6) is 0 Å². The second-order valence-corrected chi connectivity index (χ2v) is 3.90. The molecule has 5 nitrogen and oxygen atoms in total. The van der Waals surface area contributed by atoms with E-state index in [2.05, 4.69) is 41.9 Å². The average Bonchev–Trinajstić information content (AvgIpc) is 2.40. The highest BCUT2D eigenvalue weighted by Gasteiger charge is 2.15. The van der Waals surface area contributed by atoms with Crippen LogP contribution in [0, 0.1) is 0 Å². The third-order valence-corrected chi connectivity index (χ3v) is 3.00. The van der Waals surface area contributed by atoms with Gasteiger partial charge in [0.2, 0.25) is 0 Å². The van der Waals surface area contributed by atoms with Crippen molar-refractivity contribution in [1.82, 2.24) is 0 Å². The Kier molecular flexibility index (Phi) is 13.9. The molecule has 0 aliphatic carbocycles. The summed E-state index contributed by atoms with van der Waals surface area (Å²) in [5.41, 5.74) is 0. The van der Waals surface area contributed by atoms with Gasteiger partial charge in [0.15, 0.2) is 0 Å². The van der Waals surface area contributed by atoms with Crippen LogP contribution in [0.3, 0.4) is 0 Å². The number of quaternary nitrogens is 1. The molecule has 0 N–H and O–H groups in total. The van der Waals surface area contributed by atoms with E-state index in [1.165, 1.54) is 45.4 Å². The number of methoxy groups -OCH3 is 1. The van der Waals surface area contributed by atoms with E-state index in [0.29, 0.717) is 0 Å². The van der Waals surface area contributed by atoms with Crippen molar-refractivity contribution >= 4 is 7.32 Å². The Balaban J connectivity index is 0. The van der Waals surface area contributed by atoms with Crippen LogP contribution in [0.25, 0.3) is 0 Å². The Morgan fingerprint density at radius 1 is 0.882 bits per heavy atom. The van der Waals surface area contributed by atoms with Crippen LogP contribution >= 0.6 is 0 Å². The molecule has 0 fully saturated rings. The first-order valence-electron chi connectivity index (χ1n) is 6.03. The van der Waals surface area contributed by atoms with Crippen LogP contribution in [-0.2, 0) is 18.7 Å². The quantitative estimate of drug-likeness (QED) is 0.370. The zero-order chi connectivity index (χ0) is 13.7. The van der Waals surface area contributed by atoms with Gasteiger partial charge in [-0.15, -0.1) is 0 Å². The summed E-state index contributed by atoms with van der Waals surface area (Å²) >= 11 is 0. The van der Waals surface area contributed by atoms with Gasteiger partial charge in [0.05, 0.1) is 26.7 Å². The minimum atomic E-state index is -0.620. The maximum Gasteiger partial charge on any atom is 0.640 e. The van der Waals surface area contributed by atoms with Gasteiger partial charge >= 0.3 is 7.32 Å². The molecule has 0 aromatic rings. The molecule has 6 heteroatoms. The summed E-state index contributed by atoms with van der Waals surface area (Å²) in [5.74, 6) is 0. The van der Waals surface area contributed by atoms with Gasteiger partial charge in [-0.05, 0) is 20.8 Å². The highest BCUT2D eigenvalue weighted by molar-refractivity contribution is 6.36. The van der Waals surface area contributed by atoms with Gasteiger partial charge in [-0.1, -0.05) is 0 Å². The topological polar surface area (TPSA) is 36.9 Å². The molecule has 0 saturated carbocycles. The minimum absolute atomic E-state index is 0.173. The molecule has 0 aromatic carbocycles. The number of hydrogen-bond donors (Lipinski definition) is 0. The highest BCUT2D eigenvalue weighted by atomic mass is 16.8. The molecule has 0 amide bonds. The van der Waals surface area contributed by atoms with Crippen molar-refractivity contribution < 1.29 is 23.2 Å². The van der Waals surface area contributed by atoms with E-state index >= 15 is 0 Å².